The Hall–Kier alpha value is -0.830. The SMILES string of the molecule is C=CCN1CCC(C(=O)N2CCCCCC2)CC1. The summed E-state index contributed by atoms with van der Waals surface area (Å²) in [6, 6.07) is 0. The number of carbonyl (C=O) groups excluding carboxylic acids is 1. The molecule has 0 aliphatic carbocycles. The van der Waals surface area contributed by atoms with E-state index in [4.69, 9.17) is 0 Å². The second kappa shape index (κ2) is 6.93. The van der Waals surface area contributed by atoms with Crippen LogP contribution in [-0.2, 0) is 4.79 Å². The molecule has 18 heavy (non-hydrogen) atoms. The van der Waals surface area contributed by atoms with Crippen molar-refractivity contribution in [2.45, 2.75) is 38.5 Å². The van der Waals surface area contributed by atoms with Gasteiger partial charge < -0.3 is 4.90 Å². The van der Waals surface area contributed by atoms with E-state index in [-0.39, 0.29) is 5.92 Å². The van der Waals surface area contributed by atoms with Gasteiger partial charge >= 0.3 is 0 Å². The molecule has 0 spiro atoms. The number of nitrogens with zero attached hydrogens (tertiary/aromatic N) is 2. The zero-order valence-electron chi connectivity index (χ0n) is 11.4. The first-order valence-corrected chi connectivity index (χ1v) is 7.43. The normalized spacial score (nSPS) is 23.7. The second-order valence-corrected chi connectivity index (χ2v) is 5.60. The first-order chi connectivity index (χ1) is 8.81. The Kier molecular flexibility index (Phi) is 5.24. The first-order valence-electron chi connectivity index (χ1n) is 7.43. The van der Waals surface area contributed by atoms with E-state index in [0.29, 0.717) is 5.91 Å². The molecule has 1 amide bonds. The highest BCUT2D eigenvalue weighted by Gasteiger charge is 2.28. The highest BCUT2D eigenvalue weighted by atomic mass is 16.2. The van der Waals surface area contributed by atoms with Crippen LogP contribution >= 0.6 is 0 Å². The highest BCUT2D eigenvalue weighted by Crippen LogP contribution is 2.21. The Balaban J connectivity index is 1.80. The van der Waals surface area contributed by atoms with Gasteiger partial charge in [-0.2, -0.15) is 0 Å². The van der Waals surface area contributed by atoms with E-state index in [1.807, 2.05) is 6.08 Å². The van der Waals surface area contributed by atoms with E-state index in [1.54, 1.807) is 0 Å². The van der Waals surface area contributed by atoms with E-state index < -0.39 is 0 Å². The third-order valence-corrected chi connectivity index (χ3v) is 4.24. The average Bonchev–Trinajstić information content (AvgIpc) is 2.68. The van der Waals surface area contributed by atoms with Crippen molar-refractivity contribution in [3.8, 4) is 0 Å². The van der Waals surface area contributed by atoms with Crippen molar-refractivity contribution in [2.24, 2.45) is 5.92 Å². The van der Waals surface area contributed by atoms with Crippen LogP contribution < -0.4 is 0 Å². The number of carbonyl (C=O) groups is 1. The third-order valence-electron chi connectivity index (χ3n) is 4.24. The van der Waals surface area contributed by atoms with Crippen LogP contribution in [0.1, 0.15) is 38.5 Å². The van der Waals surface area contributed by atoms with Crippen molar-refractivity contribution in [3.63, 3.8) is 0 Å². The van der Waals surface area contributed by atoms with E-state index in [0.717, 1.165) is 45.6 Å². The van der Waals surface area contributed by atoms with Crippen molar-refractivity contribution in [3.05, 3.63) is 12.7 Å². The average molecular weight is 250 g/mol. The third kappa shape index (κ3) is 3.58. The van der Waals surface area contributed by atoms with Crippen LogP contribution in [0.5, 0.6) is 0 Å². The lowest BCUT2D eigenvalue weighted by Gasteiger charge is -2.33. The van der Waals surface area contributed by atoms with E-state index >= 15 is 0 Å². The van der Waals surface area contributed by atoms with Crippen molar-refractivity contribution in [2.75, 3.05) is 32.7 Å². The Bertz CT molecular complexity index is 274. The number of likely N-dealkylation sites (tertiary alicyclic amines) is 2. The summed E-state index contributed by atoms with van der Waals surface area (Å²) in [6.45, 7) is 8.83. The molecule has 2 heterocycles. The molecule has 0 aromatic heterocycles. The lowest BCUT2D eigenvalue weighted by atomic mass is 9.95. The molecule has 0 N–H and O–H groups in total. The molecule has 2 aliphatic heterocycles. The minimum atomic E-state index is 0.282. The van der Waals surface area contributed by atoms with Crippen LogP contribution in [0.4, 0.5) is 0 Å². The van der Waals surface area contributed by atoms with Crippen LogP contribution in [0.3, 0.4) is 0 Å². The van der Waals surface area contributed by atoms with Crippen LogP contribution in [0.2, 0.25) is 0 Å². The van der Waals surface area contributed by atoms with Gasteiger partial charge in [-0.1, -0.05) is 18.9 Å². The maximum Gasteiger partial charge on any atom is 0.225 e. The Morgan fingerprint density at radius 2 is 1.67 bits per heavy atom. The van der Waals surface area contributed by atoms with Gasteiger partial charge in [-0.3, -0.25) is 9.69 Å². The Labute approximate surface area is 111 Å². The molecule has 0 aromatic rings. The molecule has 3 nitrogen and oxygen atoms in total. The molecule has 3 heteroatoms. The molecular weight excluding hydrogens is 224 g/mol. The molecule has 0 aromatic carbocycles. The van der Waals surface area contributed by atoms with Crippen molar-refractivity contribution < 1.29 is 4.79 Å². The van der Waals surface area contributed by atoms with Gasteiger partial charge in [0, 0.05) is 25.6 Å². The number of hydrogen-bond donors (Lipinski definition) is 0. The first kappa shape index (κ1) is 13.6. The van der Waals surface area contributed by atoms with Gasteiger partial charge in [-0.15, -0.1) is 6.58 Å². The minimum Gasteiger partial charge on any atom is -0.342 e. The molecular formula is C15H26N2O. The fourth-order valence-electron chi connectivity index (χ4n) is 3.09. The van der Waals surface area contributed by atoms with E-state index in [9.17, 15) is 4.79 Å². The van der Waals surface area contributed by atoms with Crippen molar-refractivity contribution in [1.29, 1.82) is 0 Å². The summed E-state index contributed by atoms with van der Waals surface area (Å²) in [4.78, 5) is 17.0. The smallest absolute Gasteiger partial charge is 0.225 e. The van der Waals surface area contributed by atoms with E-state index in [2.05, 4.69) is 16.4 Å². The van der Waals surface area contributed by atoms with Gasteiger partial charge in [0.15, 0.2) is 0 Å². The van der Waals surface area contributed by atoms with Gasteiger partial charge in [0.05, 0.1) is 0 Å². The van der Waals surface area contributed by atoms with Gasteiger partial charge in [0.25, 0.3) is 0 Å². The lowest BCUT2D eigenvalue weighted by molar-refractivity contribution is -0.137. The summed E-state index contributed by atoms with van der Waals surface area (Å²) in [7, 11) is 0. The monoisotopic (exact) mass is 250 g/mol. The number of hydrogen-bond acceptors (Lipinski definition) is 2. The highest BCUT2D eigenvalue weighted by molar-refractivity contribution is 5.79. The topological polar surface area (TPSA) is 23.6 Å². The zero-order valence-corrected chi connectivity index (χ0v) is 11.4. The molecule has 0 unspecified atom stereocenters. The quantitative estimate of drug-likeness (QED) is 0.718. The summed E-state index contributed by atoms with van der Waals surface area (Å²) in [5.74, 6) is 0.708. The van der Waals surface area contributed by atoms with Crippen LogP contribution in [0, 0.1) is 5.92 Å². The second-order valence-electron chi connectivity index (χ2n) is 5.60. The van der Waals surface area contributed by atoms with Crippen molar-refractivity contribution >= 4 is 5.91 Å². The molecule has 2 saturated heterocycles. The Morgan fingerprint density at radius 3 is 2.22 bits per heavy atom. The van der Waals surface area contributed by atoms with Crippen LogP contribution in [-0.4, -0.2) is 48.4 Å². The molecule has 0 atom stereocenters. The molecule has 102 valence electrons. The predicted molar refractivity (Wildman–Crippen MR) is 74.4 cm³/mol. The minimum absolute atomic E-state index is 0.282. The number of piperidine rings is 1. The van der Waals surface area contributed by atoms with Gasteiger partial charge in [0.2, 0.25) is 5.91 Å². The molecule has 2 aliphatic rings. The van der Waals surface area contributed by atoms with Gasteiger partial charge in [-0.05, 0) is 38.8 Å². The van der Waals surface area contributed by atoms with Gasteiger partial charge in [-0.25, -0.2) is 0 Å². The van der Waals surface area contributed by atoms with Gasteiger partial charge in [0.1, 0.15) is 0 Å². The summed E-state index contributed by atoms with van der Waals surface area (Å²) < 4.78 is 0. The zero-order chi connectivity index (χ0) is 12.8. The van der Waals surface area contributed by atoms with Crippen LogP contribution in [0.15, 0.2) is 12.7 Å². The standard InChI is InChI=1S/C15H26N2O/c1-2-9-16-12-7-14(8-13-16)15(18)17-10-5-3-4-6-11-17/h2,14H,1,3-13H2. The number of amides is 1. The summed E-state index contributed by atoms with van der Waals surface area (Å²) >= 11 is 0. The van der Waals surface area contributed by atoms with Crippen molar-refractivity contribution in [1.82, 2.24) is 9.80 Å². The maximum absolute atomic E-state index is 12.5. The van der Waals surface area contributed by atoms with E-state index in [1.165, 1.54) is 25.7 Å². The fraction of sp³-hybridized carbons (Fsp3) is 0.800. The summed E-state index contributed by atoms with van der Waals surface area (Å²) in [5.41, 5.74) is 0. The molecule has 0 bridgehead atoms. The largest absolute Gasteiger partial charge is 0.342 e. The number of rotatable bonds is 3. The summed E-state index contributed by atoms with van der Waals surface area (Å²) in [5, 5.41) is 0. The fourth-order valence-corrected chi connectivity index (χ4v) is 3.09. The summed E-state index contributed by atoms with van der Waals surface area (Å²) in [6.07, 6.45) is 8.99. The van der Waals surface area contributed by atoms with Crippen LogP contribution in [0.25, 0.3) is 0 Å². The maximum atomic E-state index is 12.5. The molecule has 0 radical (unpaired) electrons. The Morgan fingerprint density at radius 1 is 1.06 bits per heavy atom. The lowest BCUT2D eigenvalue weighted by Crippen LogP contribution is -2.42. The predicted octanol–water partition coefficient (Wildman–Crippen LogP) is 2.29. The molecule has 2 rings (SSSR count). The molecule has 0 saturated carbocycles. The molecule has 2 fully saturated rings.